The largest absolute Gasteiger partial charge is 0.398 e. The lowest BCUT2D eigenvalue weighted by Crippen LogP contribution is -2.14. The molecule has 3 N–H and O–H groups in total. The number of aromatic nitrogens is 1. The lowest BCUT2D eigenvalue weighted by Gasteiger charge is -2.13. The van der Waals surface area contributed by atoms with Crippen molar-refractivity contribution in [3.63, 3.8) is 0 Å². The van der Waals surface area contributed by atoms with Crippen molar-refractivity contribution in [2.75, 3.05) is 29.5 Å². The van der Waals surface area contributed by atoms with E-state index in [9.17, 15) is 4.79 Å². The zero-order chi connectivity index (χ0) is 19.0. The van der Waals surface area contributed by atoms with E-state index < -0.39 is 0 Å². The summed E-state index contributed by atoms with van der Waals surface area (Å²) < 4.78 is 0. The first kappa shape index (κ1) is 17.4. The Balaban J connectivity index is 1.57. The van der Waals surface area contributed by atoms with Gasteiger partial charge in [-0.25, -0.2) is 0 Å². The first-order valence-corrected chi connectivity index (χ1v) is 9.06. The number of benzene rings is 2. The summed E-state index contributed by atoms with van der Waals surface area (Å²) in [5.41, 5.74) is 11.6. The minimum absolute atomic E-state index is 0.238. The maximum Gasteiger partial charge on any atom is 0.257 e. The summed E-state index contributed by atoms with van der Waals surface area (Å²) in [6, 6.07) is 14.7. The van der Waals surface area contributed by atoms with Crippen LogP contribution in [0.3, 0.4) is 0 Å². The lowest BCUT2D eigenvalue weighted by atomic mass is 10.1. The van der Waals surface area contributed by atoms with Crippen LogP contribution in [0.25, 0.3) is 11.3 Å². The molecule has 0 saturated heterocycles. The molecule has 5 nitrogen and oxygen atoms in total. The second-order valence-corrected chi connectivity index (χ2v) is 7.01. The number of amides is 1. The molecule has 0 atom stereocenters. The molecule has 4 rings (SSSR count). The number of likely N-dealkylation sites (N-methyl/N-ethyl adjacent to an activating group) is 1. The van der Waals surface area contributed by atoms with Gasteiger partial charge in [0.1, 0.15) is 0 Å². The summed E-state index contributed by atoms with van der Waals surface area (Å²) >= 11 is 6.19. The number of nitrogens with zero attached hydrogens (tertiary/aromatic N) is 2. The molecule has 0 unspecified atom stereocenters. The van der Waals surface area contributed by atoms with Crippen molar-refractivity contribution in [2.45, 2.75) is 6.42 Å². The third kappa shape index (κ3) is 3.34. The Hall–Kier alpha value is -3.05. The Labute approximate surface area is 162 Å². The molecule has 2 heterocycles. The van der Waals surface area contributed by atoms with Gasteiger partial charge >= 0.3 is 0 Å². The van der Waals surface area contributed by atoms with E-state index in [-0.39, 0.29) is 5.91 Å². The number of carbonyl (C=O) groups is 1. The molecule has 1 aliphatic heterocycles. The molecule has 0 bridgehead atoms. The molecule has 1 aromatic heterocycles. The van der Waals surface area contributed by atoms with Crippen molar-refractivity contribution in [2.24, 2.45) is 0 Å². The maximum absolute atomic E-state index is 12.7. The number of fused-ring (bicyclic) bond motifs is 1. The van der Waals surface area contributed by atoms with Crippen LogP contribution in [0.4, 0.5) is 17.1 Å². The third-order valence-electron chi connectivity index (χ3n) is 4.79. The Morgan fingerprint density at radius 1 is 1.22 bits per heavy atom. The number of carbonyl (C=O) groups excluding carboxylic acids is 1. The quantitative estimate of drug-likeness (QED) is 0.669. The van der Waals surface area contributed by atoms with E-state index in [0.717, 1.165) is 24.2 Å². The van der Waals surface area contributed by atoms with Gasteiger partial charge in [-0.2, -0.15) is 0 Å². The van der Waals surface area contributed by atoms with E-state index in [0.29, 0.717) is 22.0 Å². The molecule has 6 heteroatoms. The van der Waals surface area contributed by atoms with Crippen molar-refractivity contribution in [1.29, 1.82) is 0 Å². The van der Waals surface area contributed by atoms with Crippen LogP contribution in [0, 0.1) is 0 Å². The molecule has 0 spiro atoms. The van der Waals surface area contributed by atoms with Crippen LogP contribution >= 0.6 is 11.6 Å². The van der Waals surface area contributed by atoms with Crippen molar-refractivity contribution in [3.05, 3.63) is 70.9 Å². The zero-order valence-electron chi connectivity index (χ0n) is 14.9. The number of nitrogen functional groups attached to an aromatic ring is 1. The molecule has 1 amide bonds. The normalized spacial score (nSPS) is 12.7. The minimum atomic E-state index is -0.238. The summed E-state index contributed by atoms with van der Waals surface area (Å²) in [6.45, 7) is 0.997. The predicted molar refractivity (Wildman–Crippen MR) is 110 cm³/mol. The van der Waals surface area contributed by atoms with Gasteiger partial charge in [-0.15, -0.1) is 0 Å². The highest BCUT2D eigenvalue weighted by Crippen LogP contribution is 2.30. The van der Waals surface area contributed by atoms with Crippen molar-refractivity contribution in [1.82, 2.24) is 4.98 Å². The Morgan fingerprint density at radius 2 is 2.07 bits per heavy atom. The second kappa shape index (κ2) is 6.93. The van der Waals surface area contributed by atoms with Crippen LogP contribution in [0.1, 0.15) is 15.9 Å². The van der Waals surface area contributed by atoms with Crippen LogP contribution in [-0.2, 0) is 6.42 Å². The van der Waals surface area contributed by atoms with Gasteiger partial charge in [-0.05, 0) is 54.4 Å². The fourth-order valence-corrected chi connectivity index (χ4v) is 3.59. The number of halogens is 1. The first-order chi connectivity index (χ1) is 13.0. The molecule has 0 radical (unpaired) electrons. The fraction of sp³-hybridized carbons (Fsp3) is 0.143. The summed E-state index contributed by atoms with van der Waals surface area (Å²) in [6.07, 6.45) is 2.65. The number of nitrogens with one attached hydrogen (secondary N) is 1. The number of hydrogen-bond acceptors (Lipinski definition) is 4. The van der Waals surface area contributed by atoms with E-state index in [1.54, 1.807) is 36.5 Å². The number of anilines is 3. The number of nitrogens with two attached hydrogens (primary N) is 1. The maximum atomic E-state index is 12.7. The fourth-order valence-electron chi connectivity index (χ4n) is 3.36. The molecule has 0 fully saturated rings. The summed E-state index contributed by atoms with van der Waals surface area (Å²) in [5.74, 6) is -0.238. The minimum Gasteiger partial charge on any atom is -0.398 e. The molecule has 0 saturated carbocycles. The number of hydrogen-bond donors (Lipinski definition) is 2. The van der Waals surface area contributed by atoms with Gasteiger partial charge in [-0.3, -0.25) is 9.78 Å². The third-order valence-corrected chi connectivity index (χ3v) is 5.10. The van der Waals surface area contributed by atoms with E-state index in [1.807, 2.05) is 18.2 Å². The van der Waals surface area contributed by atoms with E-state index in [2.05, 4.69) is 22.2 Å². The van der Waals surface area contributed by atoms with Gasteiger partial charge in [0.25, 0.3) is 5.91 Å². The van der Waals surface area contributed by atoms with Gasteiger partial charge in [-0.1, -0.05) is 17.7 Å². The first-order valence-electron chi connectivity index (χ1n) is 8.69. The molecular formula is C21H19ClN4O. The molecule has 1 aliphatic rings. The highest BCUT2D eigenvalue weighted by atomic mass is 35.5. The van der Waals surface area contributed by atoms with Crippen LogP contribution in [-0.4, -0.2) is 24.5 Å². The van der Waals surface area contributed by atoms with Gasteiger partial charge in [0.15, 0.2) is 0 Å². The van der Waals surface area contributed by atoms with Crippen molar-refractivity contribution < 1.29 is 4.79 Å². The zero-order valence-corrected chi connectivity index (χ0v) is 15.6. The predicted octanol–water partition coefficient (Wildman–Crippen LogP) is 4.23. The average molecular weight is 379 g/mol. The van der Waals surface area contributed by atoms with Crippen LogP contribution in [0.15, 0.2) is 54.7 Å². The van der Waals surface area contributed by atoms with Crippen LogP contribution < -0.4 is 16.0 Å². The lowest BCUT2D eigenvalue weighted by molar-refractivity contribution is 0.102. The topological polar surface area (TPSA) is 71.2 Å². The monoisotopic (exact) mass is 378 g/mol. The van der Waals surface area contributed by atoms with Gasteiger partial charge in [0.2, 0.25) is 0 Å². The summed E-state index contributed by atoms with van der Waals surface area (Å²) in [5, 5.41) is 3.47. The standard InChI is InChI=1S/C21H19ClN4O/c1-26-10-8-13-11-15(5-7-19(13)26)25-21(27)16-6-4-14(12-18(16)23)20-17(22)3-2-9-24-20/h2-7,9,11-12H,8,10,23H2,1H3,(H,25,27). The second-order valence-electron chi connectivity index (χ2n) is 6.61. The van der Waals surface area contributed by atoms with Crippen LogP contribution in [0.2, 0.25) is 5.02 Å². The SMILES string of the molecule is CN1CCc2cc(NC(=O)c3ccc(-c4ncccc4Cl)cc3N)ccc21. The van der Waals surface area contributed by atoms with Gasteiger partial charge in [0, 0.05) is 42.4 Å². The Bertz CT molecular complexity index is 1030. The Kier molecular flexibility index (Phi) is 4.46. The van der Waals surface area contributed by atoms with E-state index in [1.165, 1.54) is 11.3 Å². The molecule has 136 valence electrons. The van der Waals surface area contributed by atoms with Gasteiger partial charge in [0.05, 0.1) is 16.3 Å². The molecule has 2 aromatic carbocycles. The van der Waals surface area contributed by atoms with Crippen molar-refractivity contribution in [3.8, 4) is 11.3 Å². The molecule has 27 heavy (non-hydrogen) atoms. The van der Waals surface area contributed by atoms with Crippen LogP contribution in [0.5, 0.6) is 0 Å². The molecule has 0 aliphatic carbocycles. The highest BCUT2D eigenvalue weighted by Gasteiger charge is 2.17. The molecular weight excluding hydrogens is 360 g/mol. The van der Waals surface area contributed by atoms with Gasteiger partial charge < -0.3 is 16.0 Å². The number of rotatable bonds is 3. The van der Waals surface area contributed by atoms with E-state index >= 15 is 0 Å². The molecule has 3 aromatic rings. The Morgan fingerprint density at radius 3 is 2.85 bits per heavy atom. The van der Waals surface area contributed by atoms with E-state index in [4.69, 9.17) is 17.3 Å². The number of pyridine rings is 1. The van der Waals surface area contributed by atoms with Crippen molar-refractivity contribution >= 4 is 34.6 Å². The average Bonchev–Trinajstić information content (AvgIpc) is 3.02. The highest BCUT2D eigenvalue weighted by molar-refractivity contribution is 6.33. The summed E-state index contributed by atoms with van der Waals surface area (Å²) in [7, 11) is 2.07. The summed E-state index contributed by atoms with van der Waals surface area (Å²) in [4.78, 5) is 19.2. The smallest absolute Gasteiger partial charge is 0.257 e.